The molecule has 0 aliphatic carbocycles. The normalized spacial score (nSPS) is 15.3. The highest BCUT2D eigenvalue weighted by Gasteiger charge is 2.19. The first-order valence-corrected chi connectivity index (χ1v) is 7.94. The van der Waals surface area contributed by atoms with Crippen molar-refractivity contribution >= 4 is 17.8 Å². The molecular weight excluding hydrogens is 300 g/mol. The molecule has 1 heterocycles. The molecule has 3 rings (SSSR count). The van der Waals surface area contributed by atoms with Crippen molar-refractivity contribution in [3.05, 3.63) is 70.9 Å². The highest BCUT2D eigenvalue weighted by atomic mass is 16.5. The molecule has 0 saturated heterocycles. The van der Waals surface area contributed by atoms with Gasteiger partial charge in [0.25, 0.3) is 5.91 Å². The van der Waals surface area contributed by atoms with Gasteiger partial charge in [0.2, 0.25) is 0 Å². The zero-order valence-corrected chi connectivity index (χ0v) is 13.9. The molecule has 0 bridgehead atoms. The Morgan fingerprint density at radius 2 is 1.75 bits per heavy atom. The quantitative estimate of drug-likeness (QED) is 0.857. The highest BCUT2D eigenvalue weighted by molar-refractivity contribution is 6.14. The van der Waals surface area contributed by atoms with Gasteiger partial charge in [-0.25, -0.2) is 4.99 Å². The van der Waals surface area contributed by atoms with Gasteiger partial charge in [0.05, 0.1) is 7.11 Å². The van der Waals surface area contributed by atoms with Crippen molar-refractivity contribution in [3.63, 3.8) is 0 Å². The second-order valence-corrected chi connectivity index (χ2v) is 5.80. The van der Waals surface area contributed by atoms with Crippen LogP contribution in [0, 0.1) is 6.92 Å². The molecule has 24 heavy (non-hydrogen) atoms. The molecule has 4 heteroatoms. The van der Waals surface area contributed by atoms with Gasteiger partial charge in [0, 0.05) is 6.42 Å². The first-order valence-electron chi connectivity index (χ1n) is 7.94. The van der Waals surface area contributed by atoms with Crippen LogP contribution >= 0.6 is 0 Å². The van der Waals surface area contributed by atoms with E-state index >= 15 is 0 Å². The molecule has 2 aromatic rings. The van der Waals surface area contributed by atoms with Crippen LogP contribution in [0.25, 0.3) is 6.08 Å². The summed E-state index contributed by atoms with van der Waals surface area (Å²) in [5, 5.41) is 2.85. The third-order valence-corrected chi connectivity index (χ3v) is 3.94. The van der Waals surface area contributed by atoms with E-state index in [0.717, 1.165) is 17.7 Å². The average Bonchev–Trinajstić information content (AvgIpc) is 2.95. The van der Waals surface area contributed by atoms with Crippen molar-refractivity contribution in [1.29, 1.82) is 0 Å². The minimum Gasteiger partial charge on any atom is -0.497 e. The number of ether oxygens (including phenoxy) is 1. The molecule has 122 valence electrons. The molecule has 1 N–H and O–H groups in total. The summed E-state index contributed by atoms with van der Waals surface area (Å²) in [6, 6.07) is 15.9. The van der Waals surface area contributed by atoms with Crippen molar-refractivity contribution in [2.24, 2.45) is 4.99 Å². The van der Waals surface area contributed by atoms with Crippen LogP contribution in [0.5, 0.6) is 5.75 Å². The standard InChI is InChI=1S/C20H20N2O2/c1-14-3-5-16(6-4-14)13-18-20(23)22-19(21-18)12-9-15-7-10-17(24-2)11-8-15/h3-8,10-11,13H,9,12H2,1-2H3,(H,21,22,23)/b18-13+. The van der Waals surface area contributed by atoms with Gasteiger partial charge in [-0.3, -0.25) is 4.79 Å². The smallest absolute Gasteiger partial charge is 0.275 e. The topological polar surface area (TPSA) is 50.7 Å². The first kappa shape index (κ1) is 16.0. The van der Waals surface area contributed by atoms with Gasteiger partial charge in [0.15, 0.2) is 0 Å². The fourth-order valence-corrected chi connectivity index (χ4v) is 2.51. The number of hydrogen-bond donors (Lipinski definition) is 1. The van der Waals surface area contributed by atoms with Gasteiger partial charge in [-0.2, -0.15) is 0 Å². The summed E-state index contributed by atoms with van der Waals surface area (Å²) < 4.78 is 5.15. The maximum atomic E-state index is 12.0. The maximum absolute atomic E-state index is 12.0. The van der Waals surface area contributed by atoms with Crippen LogP contribution < -0.4 is 10.1 Å². The van der Waals surface area contributed by atoms with Crippen LogP contribution in [-0.2, 0) is 11.2 Å². The molecule has 0 fully saturated rings. The number of methoxy groups -OCH3 is 1. The predicted molar refractivity (Wildman–Crippen MR) is 96.0 cm³/mol. The number of amides is 1. The average molecular weight is 320 g/mol. The number of hydrogen-bond acceptors (Lipinski definition) is 3. The predicted octanol–water partition coefficient (Wildman–Crippen LogP) is 3.51. The van der Waals surface area contributed by atoms with Gasteiger partial charge in [-0.15, -0.1) is 0 Å². The fraction of sp³-hybridized carbons (Fsp3) is 0.200. The van der Waals surface area contributed by atoms with Crippen molar-refractivity contribution in [1.82, 2.24) is 5.32 Å². The van der Waals surface area contributed by atoms with Crippen LogP contribution in [0.3, 0.4) is 0 Å². The van der Waals surface area contributed by atoms with E-state index in [2.05, 4.69) is 10.3 Å². The Hall–Kier alpha value is -2.88. The number of aliphatic imine (C=N–C) groups is 1. The third kappa shape index (κ3) is 3.90. The van der Waals surface area contributed by atoms with E-state index in [1.54, 1.807) is 7.11 Å². The van der Waals surface area contributed by atoms with E-state index in [0.29, 0.717) is 18.0 Å². The molecule has 4 nitrogen and oxygen atoms in total. The molecule has 1 amide bonds. The number of benzene rings is 2. The zero-order valence-electron chi connectivity index (χ0n) is 13.9. The summed E-state index contributed by atoms with van der Waals surface area (Å²) >= 11 is 0. The van der Waals surface area contributed by atoms with Crippen LogP contribution in [0.15, 0.2) is 59.2 Å². The van der Waals surface area contributed by atoms with E-state index in [1.165, 1.54) is 11.1 Å². The largest absolute Gasteiger partial charge is 0.497 e. The number of rotatable bonds is 5. The second kappa shape index (κ2) is 7.13. The van der Waals surface area contributed by atoms with E-state index in [-0.39, 0.29) is 5.91 Å². The van der Waals surface area contributed by atoms with E-state index in [1.807, 2.05) is 61.5 Å². The van der Waals surface area contributed by atoms with Crippen LogP contribution in [0.1, 0.15) is 23.1 Å². The monoisotopic (exact) mass is 320 g/mol. The number of carbonyl (C=O) groups excluding carboxylic acids is 1. The summed E-state index contributed by atoms with van der Waals surface area (Å²) in [4.78, 5) is 16.5. The number of nitrogens with one attached hydrogen (secondary N) is 1. The van der Waals surface area contributed by atoms with E-state index in [9.17, 15) is 4.79 Å². The molecule has 0 radical (unpaired) electrons. The molecule has 0 atom stereocenters. The fourth-order valence-electron chi connectivity index (χ4n) is 2.51. The zero-order chi connectivity index (χ0) is 16.9. The summed E-state index contributed by atoms with van der Waals surface area (Å²) in [6.07, 6.45) is 3.33. The minimum absolute atomic E-state index is 0.139. The molecule has 2 aromatic carbocycles. The van der Waals surface area contributed by atoms with Crippen LogP contribution in [0.2, 0.25) is 0 Å². The van der Waals surface area contributed by atoms with Gasteiger partial charge in [-0.1, -0.05) is 42.0 Å². The lowest BCUT2D eigenvalue weighted by Gasteiger charge is -2.03. The summed E-state index contributed by atoms with van der Waals surface area (Å²) in [6.45, 7) is 2.04. The summed E-state index contributed by atoms with van der Waals surface area (Å²) in [5.74, 6) is 1.42. The van der Waals surface area contributed by atoms with Crippen LogP contribution in [0.4, 0.5) is 0 Å². The second-order valence-electron chi connectivity index (χ2n) is 5.80. The lowest BCUT2D eigenvalue weighted by atomic mass is 10.1. The Morgan fingerprint density at radius 3 is 2.42 bits per heavy atom. The number of carbonyl (C=O) groups is 1. The number of nitrogens with zero attached hydrogens (tertiary/aromatic N) is 1. The SMILES string of the molecule is COc1ccc(CCC2=N/C(=C/c3ccc(C)cc3)C(=O)N2)cc1. The summed E-state index contributed by atoms with van der Waals surface area (Å²) in [5.41, 5.74) is 3.81. The summed E-state index contributed by atoms with van der Waals surface area (Å²) in [7, 11) is 1.65. The lowest BCUT2D eigenvalue weighted by molar-refractivity contribution is -0.115. The Labute approximate surface area is 141 Å². The van der Waals surface area contributed by atoms with Crippen molar-refractivity contribution in [2.75, 3.05) is 7.11 Å². The third-order valence-electron chi connectivity index (χ3n) is 3.94. The van der Waals surface area contributed by atoms with Crippen molar-refractivity contribution < 1.29 is 9.53 Å². The minimum atomic E-state index is -0.139. The Morgan fingerprint density at radius 1 is 1.04 bits per heavy atom. The van der Waals surface area contributed by atoms with Crippen LogP contribution in [-0.4, -0.2) is 18.9 Å². The molecule has 0 unspecified atom stereocenters. The maximum Gasteiger partial charge on any atom is 0.275 e. The van der Waals surface area contributed by atoms with Crippen molar-refractivity contribution in [3.8, 4) is 5.75 Å². The Bertz CT molecular complexity index is 787. The molecule has 0 saturated carbocycles. The molecule has 0 aromatic heterocycles. The van der Waals surface area contributed by atoms with Gasteiger partial charge < -0.3 is 10.1 Å². The van der Waals surface area contributed by atoms with Gasteiger partial charge >= 0.3 is 0 Å². The van der Waals surface area contributed by atoms with E-state index < -0.39 is 0 Å². The number of amidine groups is 1. The molecule has 1 aliphatic heterocycles. The van der Waals surface area contributed by atoms with Gasteiger partial charge in [-0.05, 0) is 42.7 Å². The Balaban J connectivity index is 1.66. The number of aryl methyl sites for hydroxylation is 2. The lowest BCUT2D eigenvalue weighted by Crippen LogP contribution is -2.24. The molecule has 1 aliphatic rings. The van der Waals surface area contributed by atoms with Crippen molar-refractivity contribution in [2.45, 2.75) is 19.8 Å². The first-order chi connectivity index (χ1) is 11.6. The molecular formula is C20H20N2O2. The molecule has 0 spiro atoms. The van der Waals surface area contributed by atoms with Gasteiger partial charge in [0.1, 0.15) is 17.3 Å². The highest BCUT2D eigenvalue weighted by Crippen LogP contribution is 2.16. The Kier molecular flexibility index (Phi) is 4.75. The van der Waals surface area contributed by atoms with E-state index in [4.69, 9.17) is 4.74 Å².